The zero-order chi connectivity index (χ0) is 14.5. The highest BCUT2D eigenvalue weighted by molar-refractivity contribution is 6.30. The molecule has 0 aliphatic heterocycles. The normalized spacial score (nSPS) is 10.6. The van der Waals surface area contributed by atoms with E-state index in [1.54, 1.807) is 0 Å². The molecule has 0 heterocycles. The SMILES string of the molecule is Cc1ccc(C)c(C(=O)COCc2cccc(Cl)c2)c1. The average Bonchev–Trinajstić information content (AvgIpc) is 2.41. The van der Waals surface area contributed by atoms with Crippen LogP contribution in [0.4, 0.5) is 0 Å². The van der Waals surface area contributed by atoms with Gasteiger partial charge in [0.05, 0.1) is 6.61 Å². The van der Waals surface area contributed by atoms with E-state index in [0.29, 0.717) is 11.6 Å². The number of rotatable bonds is 5. The first-order valence-electron chi connectivity index (χ1n) is 6.49. The summed E-state index contributed by atoms with van der Waals surface area (Å²) in [5.41, 5.74) is 3.75. The van der Waals surface area contributed by atoms with Crippen molar-refractivity contribution in [1.29, 1.82) is 0 Å². The zero-order valence-corrected chi connectivity index (χ0v) is 12.4. The van der Waals surface area contributed by atoms with Crippen molar-refractivity contribution in [3.05, 3.63) is 69.7 Å². The molecular formula is C17H17ClO2. The number of benzene rings is 2. The Morgan fingerprint density at radius 1 is 1.15 bits per heavy atom. The third-order valence-corrected chi connectivity index (χ3v) is 3.32. The van der Waals surface area contributed by atoms with Crippen molar-refractivity contribution < 1.29 is 9.53 Å². The molecule has 0 aliphatic rings. The van der Waals surface area contributed by atoms with Gasteiger partial charge < -0.3 is 4.74 Å². The molecule has 3 heteroatoms. The number of carbonyl (C=O) groups is 1. The third-order valence-electron chi connectivity index (χ3n) is 3.08. The molecule has 0 saturated carbocycles. The summed E-state index contributed by atoms with van der Waals surface area (Å²) in [7, 11) is 0. The average molecular weight is 289 g/mol. The third kappa shape index (κ3) is 3.92. The molecule has 2 aromatic rings. The van der Waals surface area contributed by atoms with Gasteiger partial charge in [0.2, 0.25) is 0 Å². The molecule has 0 aliphatic carbocycles. The summed E-state index contributed by atoms with van der Waals surface area (Å²) >= 11 is 5.90. The Bertz CT molecular complexity index is 620. The van der Waals surface area contributed by atoms with E-state index in [4.69, 9.17) is 16.3 Å². The highest BCUT2D eigenvalue weighted by atomic mass is 35.5. The lowest BCUT2D eigenvalue weighted by atomic mass is 10.0. The van der Waals surface area contributed by atoms with Crippen molar-refractivity contribution in [2.24, 2.45) is 0 Å². The number of carbonyl (C=O) groups excluding carboxylic acids is 1. The quantitative estimate of drug-likeness (QED) is 0.764. The molecular weight excluding hydrogens is 272 g/mol. The highest BCUT2D eigenvalue weighted by Gasteiger charge is 2.09. The molecule has 0 atom stereocenters. The van der Waals surface area contributed by atoms with Gasteiger partial charge in [0.15, 0.2) is 5.78 Å². The van der Waals surface area contributed by atoms with E-state index in [2.05, 4.69) is 0 Å². The Kier molecular flexibility index (Phi) is 4.94. The Balaban J connectivity index is 1.94. The van der Waals surface area contributed by atoms with Crippen LogP contribution in [0.25, 0.3) is 0 Å². The van der Waals surface area contributed by atoms with Gasteiger partial charge in [-0.15, -0.1) is 0 Å². The van der Waals surface area contributed by atoms with E-state index in [1.807, 2.05) is 56.3 Å². The summed E-state index contributed by atoms with van der Waals surface area (Å²) in [5, 5.41) is 0.673. The van der Waals surface area contributed by atoms with Gasteiger partial charge in [-0.2, -0.15) is 0 Å². The molecule has 20 heavy (non-hydrogen) atoms. The predicted octanol–water partition coefficient (Wildman–Crippen LogP) is 4.36. The molecule has 0 amide bonds. The lowest BCUT2D eigenvalue weighted by molar-refractivity contribution is 0.0726. The summed E-state index contributed by atoms with van der Waals surface area (Å²) in [5.74, 6) is 0.00762. The van der Waals surface area contributed by atoms with E-state index in [9.17, 15) is 4.79 Å². The molecule has 0 radical (unpaired) electrons. The van der Waals surface area contributed by atoms with Crippen molar-refractivity contribution in [1.82, 2.24) is 0 Å². The number of aryl methyl sites for hydroxylation is 2. The molecule has 2 aromatic carbocycles. The maximum atomic E-state index is 12.1. The van der Waals surface area contributed by atoms with Gasteiger partial charge >= 0.3 is 0 Å². The highest BCUT2D eigenvalue weighted by Crippen LogP contribution is 2.13. The standard InChI is InChI=1S/C17H17ClO2/c1-12-6-7-13(2)16(8-12)17(19)11-20-10-14-4-3-5-15(18)9-14/h3-9H,10-11H2,1-2H3. The number of halogens is 1. The maximum absolute atomic E-state index is 12.1. The number of ether oxygens (including phenoxy) is 1. The molecule has 0 saturated heterocycles. The van der Waals surface area contributed by atoms with Crippen LogP contribution in [0.2, 0.25) is 5.02 Å². The lowest BCUT2D eigenvalue weighted by Gasteiger charge is -2.07. The van der Waals surface area contributed by atoms with E-state index in [0.717, 1.165) is 22.3 Å². The van der Waals surface area contributed by atoms with Crippen molar-refractivity contribution in [3.8, 4) is 0 Å². The van der Waals surface area contributed by atoms with Crippen LogP contribution in [0.15, 0.2) is 42.5 Å². The first kappa shape index (κ1) is 14.8. The molecule has 0 aromatic heterocycles. The van der Waals surface area contributed by atoms with E-state index < -0.39 is 0 Å². The first-order valence-corrected chi connectivity index (χ1v) is 6.86. The second kappa shape index (κ2) is 6.69. The van der Waals surface area contributed by atoms with Crippen LogP contribution in [-0.4, -0.2) is 12.4 Å². The Hall–Kier alpha value is -1.64. The molecule has 2 nitrogen and oxygen atoms in total. The molecule has 0 unspecified atom stereocenters. The van der Waals surface area contributed by atoms with Crippen LogP contribution >= 0.6 is 11.6 Å². The summed E-state index contributed by atoms with van der Waals surface area (Å²) < 4.78 is 5.48. The molecule has 2 rings (SSSR count). The Labute approximate surface area is 124 Å². The summed E-state index contributed by atoms with van der Waals surface area (Å²) in [6.45, 7) is 4.38. The van der Waals surface area contributed by atoms with Crippen molar-refractivity contribution in [2.45, 2.75) is 20.5 Å². The summed E-state index contributed by atoms with van der Waals surface area (Å²) in [6, 6.07) is 13.3. The van der Waals surface area contributed by atoms with Gasteiger partial charge in [0, 0.05) is 10.6 Å². The van der Waals surface area contributed by atoms with Crippen molar-refractivity contribution in [2.75, 3.05) is 6.61 Å². The zero-order valence-electron chi connectivity index (χ0n) is 11.7. The minimum Gasteiger partial charge on any atom is -0.369 e. The summed E-state index contributed by atoms with van der Waals surface area (Å²) in [4.78, 5) is 12.1. The fourth-order valence-electron chi connectivity index (χ4n) is 2.00. The Morgan fingerprint density at radius 3 is 2.70 bits per heavy atom. The number of hydrogen-bond donors (Lipinski definition) is 0. The smallest absolute Gasteiger partial charge is 0.188 e. The maximum Gasteiger partial charge on any atom is 0.188 e. The minimum absolute atomic E-state index is 0.00762. The van der Waals surface area contributed by atoms with Crippen molar-refractivity contribution >= 4 is 17.4 Å². The largest absolute Gasteiger partial charge is 0.369 e. The van der Waals surface area contributed by atoms with Crippen LogP contribution < -0.4 is 0 Å². The lowest BCUT2D eigenvalue weighted by Crippen LogP contribution is -2.10. The fraction of sp³-hybridized carbons (Fsp3) is 0.235. The van der Waals surface area contributed by atoms with Gasteiger partial charge in [0.1, 0.15) is 6.61 Å². The van der Waals surface area contributed by atoms with E-state index in [1.165, 1.54) is 0 Å². The van der Waals surface area contributed by atoms with E-state index >= 15 is 0 Å². The predicted molar refractivity (Wildman–Crippen MR) is 81.4 cm³/mol. The first-order chi connectivity index (χ1) is 9.56. The van der Waals surface area contributed by atoms with Crippen molar-refractivity contribution in [3.63, 3.8) is 0 Å². The van der Waals surface area contributed by atoms with Gasteiger partial charge in [-0.1, -0.05) is 41.4 Å². The number of hydrogen-bond acceptors (Lipinski definition) is 2. The van der Waals surface area contributed by atoms with Crippen LogP contribution in [0, 0.1) is 13.8 Å². The van der Waals surface area contributed by atoms with Gasteiger partial charge in [-0.3, -0.25) is 4.79 Å². The van der Waals surface area contributed by atoms with Gasteiger partial charge in [-0.05, 0) is 43.2 Å². The van der Waals surface area contributed by atoms with Gasteiger partial charge in [0.25, 0.3) is 0 Å². The molecule has 0 bridgehead atoms. The minimum atomic E-state index is 0.00762. The second-order valence-electron chi connectivity index (χ2n) is 4.86. The summed E-state index contributed by atoms with van der Waals surface area (Å²) in [6.07, 6.45) is 0. The van der Waals surface area contributed by atoms with Crippen LogP contribution in [0.3, 0.4) is 0 Å². The van der Waals surface area contributed by atoms with Gasteiger partial charge in [-0.25, -0.2) is 0 Å². The van der Waals surface area contributed by atoms with Crippen LogP contribution in [0.5, 0.6) is 0 Å². The molecule has 0 fully saturated rings. The van der Waals surface area contributed by atoms with Crippen LogP contribution in [0.1, 0.15) is 27.0 Å². The second-order valence-corrected chi connectivity index (χ2v) is 5.30. The number of Topliss-reactive ketones (excluding diaryl/α,β-unsaturated/α-hetero) is 1. The topological polar surface area (TPSA) is 26.3 Å². The number of ketones is 1. The molecule has 0 spiro atoms. The molecule has 104 valence electrons. The molecule has 0 N–H and O–H groups in total. The fourth-order valence-corrected chi connectivity index (χ4v) is 2.22. The monoisotopic (exact) mass is 288 g/mol. The van der Waals surface area contributed by atoms with E-state index in [-0.39, 0.29) is 12.4 Å². The van der Waals surface area contributed by atoms with Crippen LogP contribution in [-0.2, 0) is 11.3 Å². The Morgan fingerprint density at radius 2 is 1.95 bits per heavy atom.